The third-order valence-corrected chi connectivity index (χ3v) is 4.07. The van der Waals surface area contributed by atoms with Crippen molar-refractivity contribution in [1.82, 2.24) is 10.2 Å². The van der Waals surface area contributed by atoms with Crippen molar-refractivity contribution in [3.63, 3.8) is 0 Å². The number of hydrogen-bond donors (Lipinski definition) is 1. The number of rotatable bonds is 3. The van der Waals surface area contributed by atoms with E-state index in [4.69, 9.17) is 0 Å². The molecule has 1 unspecified atom stereocenters. The minimum absolute atomic E-state index is 0.0610. The van der Waals surface area contributed by atoms with E-state index < -0.39 is 4.92 Å². The van der Waals surface area contributed by atoms with Crippen LogP contribution in [0.15, 0.2) is 18.2 Å². The Morgan fingerprint density at radius 2 is 2.32 bits per heavy atom. The van der Waals surface area contributed by atoms with Gasteiger partial charge in [-0.2, -0.15) is 0 Å². The molecule has 1 N–H and O–H groups in total. The molecular weight excluding hydrogens is 361 g/mol. The molecule has 1 aromatic rings. The molecule has 0 spiro atoms. The van der Waals surface area contributed by atoms with Gasteiger partial charge in [-0.05, 0) is 48.7 Å². The van der Waals surface area contributed by atoms with Gasteiger partial charge in [-0.25, -0.2) is 0 Å². The number of nitrogens with zero attached hydrogens (tertiary/aromatic N) is 2. The Labute approximate surface area is 124 Å². The normalized spacial score (nSPS) is 19.4. The largest absolute Gasteiger partial charge is 0.348 e. The van der Waals surface area contributed by atoms with Gasteiger partial charge >= 0.3 is 0 Å². The number of nitro benzene ring substituents is 1. The zero-order chi connectivity index (χ0) is 14.0. The van der Waals surface area contributed by atoms with Gasteiger partial charge in [0.05, 0.1) is 10.5 Å². The minimum Gasteiger partial charge on any atom is -0.348 e. The molecule has 1 aromatic carbocycles. The van der Waals surface area contributed by atoms with Crippen LogP contribution >= 0.6 is 22.6 Å². The van der Waals surface area contributed by atoms with Crippen molar-refractivity contribution in [3.05, 3.63) is 37.4 Å². The van der Waals surface area contributed by atoms with E-state index in [-0.39, 0.29) is 17.6 Å². The summed E-state index contributed by atoms with van der Waals surface area (Å²) in [5, 5.41) is 13.7. The summed E-state index contributed by atoms with van der Waals surface area (Å²) in [6.45, 7) is 1.77. The van der Waals surface area contributed by atoms with Crippen LogP contribution in [0.25, 0.3) is 0 Å². The average Bonchev–Trinajstić information content (AvgIpc) is 2.74. The second-order valence-corrected chi connectivity index (χ2v) is 5.80. The Bertz CT molecular complexity index is 521. The Hall–Kier alpha value is -1.22. The molecule has 6 nitrogen and oxygen atoms in total. The number of carbonyl (C=O) groups excluding carboxylic acids is 1. The molecule has 1 amide bonds. The summed E-state index contributed by atoms with van der Waals surface area (Å²) in [4.78, 5) is 24.5. The first-order chi connectivity index (χ1) is 8.97. The van der Waals surface area contributed by atoms with E-state index in [1.807, 2.05) is 29.6 Å². The maximum absolute atomic E-state index is 12.1. The third-order valence-electron chi connectivity index (χ3n) is 3.13. The molecule has 1 aliphatic heterocycles. The molecule has 7 heteroatoms. The van der Waals surface area contributed by atoms with E-state index in [1.165, 1.54) is 12.1 Å². The van der Waals surface area contributed by atoms with Gasteiger partial charge in [0.25, 0.3) is 11.6 Å². The molecule has 19 heavy (non-hydrogen) atoms. The summed E-state index contributed by atoms with van der Waals surface area (Å²) in [6.07, 6.45) is 0.910. The Morgan fingerprint density at radius 3 is 2.89 bits per heavy atom. The smallest absolute Gasteiger partial charge is 0.270 e. The lowest BCUT2D eigenvalue weighted by Crippen LogP contribution is -2.36. The molecule has 1 fully saturated rings. The molecule has 1 aliphatic rings. The lowest BCUT2D eigenvalue weighted by Gasteiger charge is -2.13. The molecule has 1 saturated heterocycles. The number of likely N-dealkylation sites (N-methyl/N-ethyl adjacent to an activating group) is 1. The highest BCUT2D eigenvalue weighted by molar-refractivity contribution is 14.1. The first-order valence-electron chi connectivity index (χ1n) is 5.90. The van der Waals surface area contributed by atoms with Gasteiger partial charge < -0.3 is 10.2 Å². The molecule has 0 radical (unpaired) electrons. The second-order valence-electron chi connectivity index (χ2n) is 4.64. The number of non-ortho nitro benzene ring substituents is 1. The van der Waals surface area contributed by atoms with Crippen molar-refractivity contribution in [1.29, 1.82) is 0 Å². The van der Waals surface area contributed by atoms with Crippen LogP contribution in [0, 0.1) is 13.7 Å². The van der Waals surface area contributed by atoms with Gasteiger partial charge in [0.2, 0.25) is 0 Å². The summed E-state index contributed by atoms with van der Waals surface area (Å²) >= 11 is 2.01. The van der Waals surface area contributed by atoms with Gasteiger partial charge in [-0.3, -0.25) is 14.9 Å². The summed E-state index contributed by atoms with van der Waals surface area (Å²) in [6, 6.07) is 4.44. The summed E-state index contributed by atoms with van der Waals surface area (Å²) in [5.41, 5.74) is 0.304. The van der Waals surface area contributed by atoms with Crippen LogP contribution in [-0.4, -0.2) is 41.9 Å². The number of likely N-dealkylation sites (tertiary alicyclic amines) is 1. The summed E-state index contributed by atoms with van der Waals surface area (Å²) in [5.74, 6) is -0.242. The summed E-state index contributed by atoms with van der Waals surface area (Å²) in [7, 11) is 2.00. The second kappa shape index (κ2) is 5.83. The predicted octanol–water partition coefficient (Wildman–Crippen LogP) is 1.63. The van der Waals surface area contributed by atoms with Crippen molar-refractivity contribution in [3.8, 4) is 0 Å². The quantitative estimate of drug-likeness (QED) is 0.495. The lowest BCUT2D eigenvalue weighted by atomic mass is 10.1. The van der Waals surface area contributed by atoms with Gasteiger partial charge in [0.15, 0.2) is 0 Å². The van der Waals surface area contributed by atoms with Crippen LogP contribution in [0.5, 0.6) is 0 Å². The van der Waals surface area contributed by atoms with E-state index in [1.54, 1.807) is 6.07 Å². The van der Waals surface area contributed by atoms with Gasteiger partial charge in [-0.1, -0.05) is 0 Å². The van der Waals surface area contributed by atoms with Gasteiger partial charge in [0.1, 0.15) is 0 Å². The highest BCUT2D eigenvalue weighted by Gasteiger charge is 2.23. The van der Waals surface area contributed by atoms with E-state index >= 15 is 0 Å². The molecule has 0 bridgehead atoms. The summed E-state index contributed by atoms with van der Waals surface area (Å²) < 4.78 is 0.715. The SMILES string of the molecule is CN1CCC(NC(=O)c2cc([N+](=O)[O-])ccc2I)C1. The van der Waals surface area contributed by atoms with Crippen molar-refractivity contribution >= 4 is 34.2 Å². The minimum atomic E-state index is -0.490. The first-order valence-corrected chi connectivity index (χ1v) is 6.98. The molecule has 0 aliphatic carbocycles. The van der Waals surface area contributed by atoms with E-state index in [2.05, 4.69) is 10.2 Å². The topological polar surface area (TPSA) is 75.5 Å². The fourth-order valence-corrected chi connectivity index (χ4v) is 2.70. The maximum Gasteiger partial charge on any atom is 0.270 e. The molecule has 1 heterocycles. The molecule has 0 saturated carbocycles. The maximum atomic E-state index is 12.1. The predicted molar refractivity (Wildman–Crippen MR) is 79.2 cm³/mol. The fraction of sp³-hybridized carbons (Fsp3) is 0.417. The molecule has 2 rings (SSSR count). The van der Waals surface area contributed by atoms with Crippen LogP contribution in [0.4, 0.5) is 5.69 Å². The Balaban J connectivity index is 2.14. The Morgan fingerprint density at radius 1 is 1.58 bits per heavy atom. The number of nitro groups is 1. The van der Waals surface area contributed by atoms with Crippen LogP contribution < -0.4 is 5.32 Å². The van der Waals surface area contributed by atoms with E-state index in [9.17, 15) is 14.9 Å². The van der Waals surface area contributed by atoms with Crippen LogP contribution in [0.2, 0.25) is 0 Å². The molecule has 0 aromatic heterocycles. The highest BCUT2D eigenvalue weighted by atomic mass is 127. The number of carbonyl (C=O) groups is 1. The number of nitrogens with one attached hydrogen (secondary N) is 1. The molecule has 102 valence electrons. The first kappa shape index (κ1) is 14.2. The number of benzene rings is 1. The van der Waals surface area contributed by atoms with E-state index in [0.717, 1.165) is 19.5 Å². The number of halogens is 1. The standard InChI is InChI=1S/C12H14IN3O3/c1-15-5-4-8(7-15)14-12(17)10-6-9(16(18)19)2-3-11(10)13/h2-3,6,8H,4-5,7H2,1H3,(H,14,17). The zero-order valence-corrected chi connectivity index (χ0v) is 12.6. The van der Waals surface area contributed by atoms with Crippen LogP contribution in [-0.2, 0) is 0 Å². The molecular formula is C12H14IN3O3. The number of amides is 1. The van der Waals surface area contributed by atoms with Crippen molar-refractivity contribution in [2.75, 3.05) is 20.1 Å². The van der Waals surface area contributed by atoms with Gasteiger partial charge in [-0.15, -0.1) is 0 Å². The lowest BCUT2D eigenvalue weighted by molar-refractivity contribution is -0.384. The van der Waals surface area contributed by atoms with Crippen LogP contribution in [0.1, 0.15) is 16.8 Å². The van der Waals surface area contributed by atoms with Gasteiger partial charge in [0, 0.05) is 28.3 Å². The third kappa shape index (κ3) is 3.41. The van der Waals surface area contributed by atoms with Crippen molar-refractivity contribution in [2.24, 2.45) is 0 Å². The van der Waals surface area contributed by atoms with Crippen LogP contribution in [0.3, 0.4) is 0 Å². The fourth-order valence-electron chi connectivity index (χ4n) is 2.12. The van der Waals surface area contributed by atoms with Crippen molar-refractivity contribution in [2.45, 2.75) is 12.5 Å². The van der Waals surface area contributed by atoms with E-state index in [0.29, 0.717) is 9.13 Å². The zero-order valence-electron chi connectivity index (χ0n) is 10.4. The Kier molecular flexibility index (Phi) is 4.35. The average molecular weight is 375 g/mol. The number of hydrogen-bond acceptors (Lipinski definition) is 4. The highest BCUT2D eigenvalue weighted by Crippen LogP contribution is 2.20. The monoisotopic (exact) mass is 375 g/mol. The molecule has 1 atom stereocenters. The van der Waals surface area contributed by atoms with Crippen molar-refractivity contribution < 1.29 is 9.72 Å².